The standard InChI is InChI=1S/C24H31N3O5S/c1-5-19-6-7-20(14-21(19)33(30,31)27-8-10-32-11-9-27)24(29)25-15-22(28)26-23-17(3)12-16(2)13-18(23)4/h6-7,12-14H,5,8-11,15H2,1-4H3,(H,25,29)(H,26,28). The van der Waals surface area contributed by atoms with E-state index in [1.807, 2.05) is 39.8 Å². The Hall–Kier alpha value is -2.75. The number of hydrogen-bond donors (Lipinski definition) is 2. The molecule has 0 unspecified atom stereocenters. The van der Waals surface area contributed by atoms with Gasteiger partial charge in [0, 0.05) is 24.3 Å². The number of amides is 2. The number of aryl methyl sites for hydroxylation is 4. The predicted octanol–water partition coefficient (Wildman–Crippen LogP) is 2.56. The van der Waals surface area contributed by atoms with E-state index in [4.69, 9.17) is 4.74 Å². The van der Waals surface area contributed by atoms with Crippen LogP contribution in [0, 0.1) is 20.8 Å². The van der Waals surface area contributed by atoms with Gasteiger partial charge in [-0.05, 0) is 56.0 Å². The van der Waals surface area contributed by atoms with Gasteiger partial charge in [0.2, 0.25) is 15.9 Å². The minimum Gasteiger partial charge on any atom is -0.379 e. The summed E-state index contributed by atoms with van der Waals surface area (Å²) < 4.78 is 33.0. The van der Waals surface area contributed by atoms with Crippen LogP contribution in [0.3, 0.4) is 0 Å². The lowest BCUT2D eigenvalue weighted by Crippen LogP contribution is -2.41. The van der Waals surface area contributed by atoms with Crippen molar-refractivity contribution in [3.05, 3.63) is 58.1 Å². The molecule has 0 saturated carbocycles. The molecule has 1 aliphatic heterocycles. The molecule has 2 aromatic rings. The molecule has 0 aromatic heterocycles. The maximum absolute atomic E-state index is 13.2. The Morgan fingerprint density at radius 3 is 2.27 bits per heavy atom. The van der Waals surface area contributed by atoms with E-state index in [-0.39, 0.29) is 36.0 Å². The first-order valence-electron chi connectivity index (χ1n) is 11.0. The maximum Gasteiger partial charge on any atom is 0.251 e. The second kappa shape index (κ2) is 10.5. The van der Waals surface area contributed by atoms with Gasteiger partial charge in [-0.3, -0.25) is 9.59 Å². The number of ether oxygens (including phenoxy) is 1. The van der Waals surface area contributed by atoms with Gasteiger partial charge < -0.3 is 15.4 Å². The van der Waals surface area contributed by atoms with Crippen LogP contribution in [0.1, 0.15) is 39.5 Å². The van der Waals surface area contributed by atoms with E-state index >= 15 is 0 Å². The lowest BCUT2D eigenvalue weighted by molar-refractivity contribution is -0.115. The van der Waals surface area contributed by atoms with Crippen LogP contribution in [0.15, 0.2) is 35.2 Å². The lowest BCUT2D eigenvalue weighted by Gasteiger charge is -2.27. The Labute approximate surface area is 195 Å². The maximum atomic E-state index is 13.2. The number of morpholine rings is 1. The van der Waals surface area contributed by atoms with Gasteiger partial charge in [0.15, 0.2) is 0 Å². The van der Waals surface area contributed by atoms with E-state index in [9.17, 15) is 18.0 Å². The minimum absolute atomic E-state index is 0.120. The molecule has 1 fully saturated rings. The van der Waals surface area contributed by atoms with Gasteiger partial charge in [-0.25, -0.2) is 8.42 Å². The van der Waals surface area contributed by atoms with Crippen molar-refractivity contribution in [2.75, 3.05) is 38.2 Å². The number of benzene rings is 2. The average molecular weight is 474 g/mol. The molecule has 9 heteroatoms. The second-order valence-electron chi connectivity index (χ2n) is 8.20. The van der Waals surface area contributed by atoms with Gasteiger partial charge >= 0.3 is 0 Å². The highest BCUT2D eigenvalue weighted by atomic mass is 32.2. The SMILES string of the molecule is CCc1ccc(C(=O)NCC(=O)Nc2c(C)cc(C)cc2C)cc1S(=O)(=O)N1CCOCC1. The van der Waals surface area contributed by atoms with Crippen molar-refractivity contribution < 1.29 is 22.7 Å². The topological polar surface area (TPSA) is 105 Å². The molecule has 8 nitrogen and oxygen atoms in total. The summed E-state index contributed by atoms with van der Waals surface area (Å²) in [6.07, 6.45) is 0.512. The van der Waals surface area contributed by atoms with Gasteiger partial charge in [0.1, 0.15) is 0 Å². The van der Waals surface area contributed by atoms with Crippen LogP contribution in [0.4, 0.5) is 5.69 Å². The number of rotatable bonds is 7. The number of hydrogen-bond acceptors (Lipinski definition) is 5. The van der Waals surface area contributed by atoms with E-state index in [0.717, 1.165) is 22.4 Å². The Morgan fingerprint density at radius 2 is 1.67 bits per heavy atom. The van der Waals surface area contributed by atoms with Crippen molar-refractivity contribution in [2.24, 2.45) is 0 Å². The molecule has 0 radical (unpaired) electrons. The van der Waals surface area contributed by atoms with Crippen LogP contribution in [-0.2, 0) is 26.0 Å². The lowest BCUT2D eigenvalue weighted by atomic mass is 10.1. The fourth-order valence-corrected chi connectivity index (χ4v) is 5.71. The summed E-state index contributed by atoms with van der Waals surface area (Å²) in [4.78, 5) is 25.3. The molecule has 0 atom stereocenters. The molecular weight excluding hydrogens is 442 g/mol. The number of nitrogens with one attached hydrogen (secondary N) is 2. The third kappa shape index (κ3) is 5.79. The molecule has 0 spiro atoms. The van der Waals surface area contributed by atoms with E-state index in [1.54, 1.807) is 12.1 Å². The van der Waals surface area contributed by atoms with Gasteiger partial charge in [-0.15, -0.1) is 0 Å². The summed E-state index contributed by atoms with van der Waals surface area (Å²) in [5, 5.41) is 5.43. The van der Waals surface area contributed by atoms with E-state index in [2.05, 4.69) is 10.6 Å². The molecule has 33 heavy (non-hydrogen) atoms. The molecule has 2 aromatic carbocycles. The van der Waals surface area contributed by atoms with E-state index < -0.39 is 15.9 Å². The van der Waals surface area contributed by atoms with Gasteiger partial charge in [-0.1, -0.05) is 30.7 Å². The Kier molecular flexibility index (Phi) is 7.88. The highest BCUT2D eigenvalue weighted by molar-refractivity contribution is 7.89. The molecule has 178 valence electrons. The second-order valence-corrected chi connectivity index (χ2v) is 10.1. The molecule has 2 amide bonds. The van der Waals surface area contributed by atoms with Crippen molar-refractivity contribution in [1.82, 2.24) is 9.62 Å². The summed E-state index contributed by atoms with van der Waals surface area (Å²) in [6, 6.07) is 8.59. The quantitative estimate of drug-likeness (QED) is 0.643. The zero-order valence-electron chi connectivity index (χ0n) is 19.5. The Balaban J connectivity index is 1.73. The monoisotopic (exact) mass is 473 g/mol. The molecule has 0 bridgehead atoms. The normalized spacial score (nSPS) is 14.7. The first-order chi connectivity index (χ1) is 15.6. The fraction of sp³-hybridized carbons (Fsp3) is 0.417. The van der Waals surface area contributed by atoms with Crippen LogP contribution in [0.2, 0.25) is 0 Å². The van der Waals surface area contributed by atoms with Crippen molar-refractivity contribution in [3.8, 4) is 0 Å². The number of carbonyl (C=O) groups excluding carboxylic acids is 2. The third-order valence-corrected chi connectivity index (χ3v) is 7.63. The van der Waals surface area contributed by atoms with Crippen molar-refractivity contribution >= 4 is 27.5 Å². The zero-order chi connectivity index (χ0) is 24.2. The van der Waals surface area contributed by atoms with Crippen LogP contribution in [-0.4, -0.2) is 57.4 Å². The van der Waals surface area contributed by atoms with Crippen molar-refractivity contribution in [2.45, 2.75) is 39.0 Å². The van der Waals surface area contributed by atoms with Crippen LogP contribution < -0.4 is 10.6 Å². The first kappa shape index (κ1) is 24.9. The number of anilines is 1. The van der Waals surface area contributed by atoms with Gasteiger partial charge in [0.25, 0.3) is 5.91 Å². The molecule has 3 rings (SSSR count). The van der Waals surface area contributed by atoms with E-state index in [0.29, 0.717) is 25.2 Å². The zero-order valence-corrected chi connectivity index (χ0v) is 20.3. The van der Waals surface area contributed by atoms with Crippen LogP contribution in [0.25, 0.3) is 0 Å². The van der Waals surface area contributed by atoms with Crippen molar-refractivity contribution in [3.63, 3.8) is 0 Å². The molecule has 1 aliphatic rings. The molecule has 2 N–H and O–H groups in total. The van der Waals surface area contributed by atoms with E-state index in [1.165, 1.54) is 10.4 Å². The number of sulfonamides is 1. The summed E-state index contributed by atoms with van der Waals surface area (Å²) in [7, 11) is -3.75. The Bertz CT molecular complexity index is 1130. The summed E-state index contributed by atoms with van der Waals surface area (Å²) in [5.74, 6) is -0.867. The number of nitrogens with zero attached hydrogens (tertiary/aromatic N) is 1. The summed E-state index contributed by atoms with van der Waals surface area (Å²) in [5.41, 5.74) is 4.55. The minimum atomic E-state index is -3.75. The molecule has 1 heterocycles. The summed E-state index contributed by atoms with van der Waals surface area (Å²) in [6.45, 7) is 8.70. The number of carbonyl (C=O) groups is 2. The summed E-state index contributed by atoms with van der Waals surface area (Å²) >= 11 is 0. The first-order valence-corrected chi connectivity index (χ1v) is 12.4. The largest absolute Gasteiger partial charge is 0.379 e. The van der Waals surface area contributed by atoms with Crippen LogP contribution >= 0.6 is 0 Å². The highest BCUT2D eigenvalue weighted by Gasteiger charge is 2.29. The van der Waals surface area contributed by atoms with Crippen molar-refractivity contribution in [1.29, 1.82) is 0 Å². The molecular formula is C24H31N3O5S. The van der Waals surface area contributed by atoms with Crippen LogP contribution in [0.5, 0.6) is 0 Å². The molecule has 0 aliphatic carbocycles. The van der Waals surface area contributed by atoms with Gasteiger partial charge in [0.05, 0.1) is 24.7 Å². The average Bonchev–Trinajstić information content (AvgIpc) is 2.80. The smallest absolute Gasteiger partial charge is 0.251 e. The predicted molar refractivity (Wildman–Crippen MR) is 127 cm³/mol. The third-order valence-electron chi connectivity index (χ3n) is 5.65. The Morgan fingerprint density at radius 1 is 1.03 bits per heavy atom. The molecule has 1 saturated heterocycles. The highest BCUT2D eigenvalue weighted by Crippen LogP contribution is 2.24. The van der Waals surface area contributed by atoms with Gasteiger partial charge in [-0.2, -0.15) is 4.31 Å². The fourth-order valence-electron chi connectivity index (χ4n) is 3.98.